The van der Waals surface area contributed by atoms with E-state index >= 15 is 0 Å². The quantitative estimate of drug-likeness (QED) is 0.361. The van der Waals surface area contributed by atoms with Crippen molar-refractivity contribution in [2.45, 2.75) is 13.3 Å². The molecule has 0 saturated carbocycles. The zero-order valence-electron chi connectivity index (χ0n) is 19.0. The zero-order chi connectivity index (χ0) is 24.1. The first-order valence-corrected chi connectivity index (χ1v) is 10.9. The van der Waals surface area contributed by atoms with E-state index in [0.717, 1.165) is 12.0 Å². The van der Waals surface area contributed by atoms with Crippen LogP contribution in [0.3, 0.4) is 0 Å². The molecule has 0 unspecified atom stereocenters. The normalized spacial score (nSPS) is 11.4. The molecule has 0 saturated heterocycles. The molecular weight excluding hydrogens is 430 g/mol. The summed E-state index contributed by atoms with van der Waals surface area (Å²) in [7, 11) is 1.56. The number of fused-ring (bicyclic) bond motifs is 1. The van der Waals surface area contributed by atoms with Crippen molar-refractivity contribution in [3.8, 4) is 5.75 Å². The second-order valence-electron chi connectivity index (χ2n) is 7.94. The third kappa shape index (κ3) is 5.32. The van der Waals surface area contributed by atoms with E-state index in [-0.39, 0.29) is 17.4 Å². The van der Waals surface area contributed by atoms with Gasteiger partial charge in [0.2, 0.25) is 0 Å². The second kappa shape index (κ2) is 10.0. The summed E-state index contributed by atoms with van der Waals surface area (Å²) < 4.78 is 5.11. The van der Waals surface area contributed by atoms with Crippen LogP contribution in [0.15, 0.2) is 71.5 Å². The Morgan fingerprint density at radius 1 is 1.09 bits per heavy atom. The summed E-state index contributed by atoms with van der Waals surface area (Å²) in [6.45, 7) is 2.54. The molecule has 1 heterocycles. The summed E-state index contributed by atoms with van der Waals surface area (Å²) in [4.78, 5) is 32.2. The summed E-state index contributed by atoms with van der Waals surface area (Å²) in [6, 6.07) is 19.9. The molecule has 4 aromatic rings. The number of H-pyrrole nitrogens is 1. The van der Waals surface area contributed by atoms with Crippen LogP contribution in [0.4, 0.5) is 0 Å². The predicted molar refractivity (Wildman–Crippen MR) is 133 cm³/mol. The highest BCUT2D eigenvalue weighted by Gasteiger charge is 2.10. The molecule has 7 heteroatoms. The molecule has 3 aromatic carbocycles. The standard InChI is InChI=1S/C27H25N3O4/c1-17-4-3-5-18(14-17)12-13-28-26(32)20-8-11-22-23(15-20)30-27(33)24(29-22)16-25(31)19-6-9-21(34-2)10-7-19/h3-11,14-16,31H,12-13H2,1-2H3,(H,28,32)(H,30,33). The third-order valence-corrected chi connectivity index (χ3v) is 5.42. The lowest BCUT2D eigenvalue weighted by molar-refractivity contribution is 0.0954. The fourth-order valence-corrected chi connectivity index (χ4v) is 3.60. The van der Waals surface area contributed by atoms with Gasteiger partial charge in [0.1, 0.15) is 17.2 Å². The van der Waals surface area contributed by atoms with Crippen molar-refractivity contribution in [2.24, 2.45) is 0 Å². The lowest BCUT2D eigenvalue weighted by Gasteiger charge is -2.07. The number of methoxy groups -OCH3 is 1. The van der Waals surface area contributed by atoms with Crippen LogP contribution in [-0.4, -0.2) is 34.6 Å². The number of carbonyl (C=O) groups is 1. The molecule has 0 aliphatic heterocycles. The molecule has 34 heavy (non-hydrogen) atoms. The Morgan fingerprint density at radius 2 is 1.85 bits per heavy atom. The van der Waals surface area contributed by atoms with E-state index in [1.54, 1.807) is 49.6 Å². The highest BCUT2D eigenvalue weighted by Crippen LogP contribution is 2.19. The summed E-state index contributed by atoms with van der Waals surface area (Å²) in [5, 5.41) is 13.3. The fourth-order valence-electron chi connectivity index (χ4n) is 3.60. The topological polar surface area (TPSA) is 104 Å². The minimum absolute atomic E-state index is 0.0659. The van der Waals surface area contributed by atoms with Gasteiger partial charge in [-0.1, -0.05) is 29.8 Å². The van der Waals surface area contributed by atoms with E-state index < -0.39 is 5.56 Å². The molecule has 0 aliphatic carbocycles. The highest BCUT2D eigenvalue weighted by atomic mass is 16.5. The van der Waals surface area contributed by atoms with Crippen molar-refractivity contribution in [1.29, 1.82) is 0 Å². The number of carbonyl (C=O) groups excluding carboxylic acids is 1. The van der Waals surface area contributed by atoms with Gasteiger partial charge < -0.3 is 20.1 Å². The number of benzene rings is 3. The number of nitrogens with one attached hydrogen (secondary N) is 2. The Morgan fingerprint density at radius 3 is 2.59 bits per heavy atom. The molecule has 4 rings (SSSR count). The summed E-state index contributed by atoms with van der Waals surface area (Å²) in [6.07, 6.45) is 2.04. The number of aromatic nitrogens is 2. The van der Waals surface area contributed by atoms with E-state index in [9.17, 15) is 14.7 Å². The number of hydrogen-bond donors (Lipinski definition) is 3. The van der Waals surface area contributed by atoms with Crippen LogP contribution in [0.1, 0.15) is 32.7 Å². The highest BCUT2D eigenvalue weighted by molar-refractivity contribution is 5.97. The fraction of sp³-hybridized carbons (Fsp3) is 0.148. The smallest absolute Gasteiger partial charge is 0.274 e. The van der Waals surface area contributed by atoms with E-state index in [1.807, 2.05) is 25.1 Å². The number of aromatic amines is 1. The average Bonchev–Trinajstić information content (AvgIpc) is 2.84. The monoisotopic (exact) mass is 455 g/mol. The Hall–Kier alpha value is -4.39. The molecule has 1 aromatic heterocycles. The number of aliphatic hydroxyl groups is 1. The largest absolute Gasteiger partial charge is 0.507 e. The van der Waals surface area contributed by atoms with Crippen LogP contribution < -0.4 is 15.6 Å². The molecule has 0 fully saturated rings. The second-order valence-corrected chi connectivity index (χ2v) is 7.94. The number of aryl methyl sites for hydroxylation is 1. The summed E-state index contributed by atoms with van der Waals surface area (Å²) in [5.74, 6) is 0.342. The molecular formula is C27H25N3O4. The van der Waals surface area contributed by atoms with Gasteiger partial charge in [0.15, 0.2) is 0 Å². The Kier molecular flexibility index (Phi) is 6.73. The molecule has 172 valence electrons. The molecule has 0 radical (unpaired) electrons. The molecule has 7 nitrogen and oxygen atoms in total. The molecule has 3 N–H and O–H groups in total. The van der Waals surface area contributed by atoms with Crippen molar-refractivity contribution in [3.63, 3.8) is 0 Å². The number of ether oxygens (including phenoxy) is 1. The predicted octanol–water partition coefficient (Wildman–Crippen LogP) is 4.27. The van der Waals surface area contributed by atoms with Gasteiger partial charge in [-0.3, -0.25) is 9.59 Å². The Labute approximate surface area is 196 Å². The number of hydrogen-bond acceptors (Lipinski definition) is 5. The van der Waals surface area contributed by atoms with Gasteiger partial charge in [-0.25, -0.2) is 4.98 Å². The Bertz CT molecular complexity index is 1420. The van der Waals surface area contributed by atoms with Crippen LogP contribution in [-0.2, 0) is 6.42 Å². The van der Waals surface area contributed by atoms with E-state index in [1.165, 1.54) is 11.6 Å². The van der Waals surface area contributed by atoms with Gasteiger partial charge in [-0.2, -0.15) is 0 Å². The lowest BCUT2D eigenvalue weighted by Crippen LogP contribution is -2.25. The van der Waals surface area contributed by atoms with Crippen molar-refractivity contribution < 1.29 is 14.6 Å². The molecule has 1 amide bonds. The number of rotatable bonds is 7. The number of nitrogens with zero attached hydrogens (tertiary/aromatic N) is 1. The number of aliphatic hydroxyl groups excluding tert-OH is 1. The van der Waals surface area contributed by atoms with Crippen molar-refractivity contribution >= 4 is 28.8 Å². The van der Waals surface area contributed by atoms with Gasteiger partial charge in [-0.15, -0.1) is 0 Å². The van der Waals surface area contributed by atoms with Crippen molar-refractivity contribution in [2.75, 3.05) is 13.7 Å². The minimum atomic E-state index is -0.468. The van der Waals surface area contributed by atoms with Crippen LogP contribution in [0.2, 0.25) is 0 Å². The van der Waals surface area contributed by atoms with Gasteiger partial charge >= 0.3 is 0 Å². The van der Waals surface area contributed by atoms with Gasteiger partial charge in [-0.05, 0) is 61.4 Å². The first kappa shape index (κ1) is 22.8. The molecule has 0 aliphatic rings. The SMILES string of the molecule is COc1ccc(C(O)=Cc2nc3ccc(C(=O)NCCc4cccc(C)c4)cc3[nH]c2=O)cc1. The molecule has 0 spiro atoms. The van der Waals surface area contributed by atoms with E-state index in [0.29, 0.717) is 34.5 Å². The maximum absolute atomic E-state index is 12.6. The van der Waals surface area contributed by atoms with Crippen molar-refractivity contribution in [1.82, 2.24) is 15.3 Å². The van der Waals surface area contributed by atoms with Crippen LogP contribution in [0.25, 0.3) is 22.9 Å². The van der Waals surface area contributed by atoms with Crippen LogP contribution >= 0.6 is 0 Å². The summed E-state index contributed by atoms with van der Waals surface area (Å²) >= 11 is 0. The van der Waals surface area contributed by atoms with Crippen LogP contribution in [0, 0.1) is 6.92 Å². The zero-order valence-corrected chi connectivity index (χ0v) is 19.0. The van der Waals surface area contributed by atoms with E-state index in [2.05, 4.69) is 21.4 Å². The number of amides is 1. The molecule has 0 atom stereocenters. The van der Waals surface area contributed by atoms with Crippen molar-refractivity contribution in [3.05, 3.63) is 105 Å². The summed E-state index contributed by atoms with van der Waals surface area (Å²) in [5.41, 5.74) is 3.84. The first-order chi connectivity index (χ1) is 16.4. The molecule has 0 bridgehead atoms. The minimum Gasteiger partial charge on any atom is -0.507 e. The van der Waals surface area contributed by atoms with Crippen LogP contribution in [0.5, 0.6) is 5.75 Å². The average molecular weight is 456 g/mol. The third-order valence-electron chi connectivity index (χ3n) is 5.42. The lowest BCUT2D eigenvalue weighted by atomic mass is 10.1. The Balaban J connectivity index is 1.49. The van der Waals surface area contributed by atoms with Gasteiger partial charge in [0.25, 0.3) is 11.5 Å². The van der Waals surface area contributed by atoms with Gasteiger partial charge in [0.05, 0.1) is 18.1 Å². The first-order valence-electron chi connectivity index (χ1n) is 10.9. The van der Waals surface area contributed by atoms with E-state index in [4.69, 9.17) is 4.74 Å². The van der Waals surface area contributed by atoms with Gasteiger partial charge in [0, 0.05) is 23.7 Å². The maximum Gasteiger partial charge on any atom is 0.274 e. The maximum atomic E-state index is 12.6.